The van der Waals surface area contributed by atoms with Gasteiger partial charge >= 0.3 is 11.9 Å². The van der Waals surface area contributed by atoms with Crippen LogP contribution in [0.15, 0.2) is 35.5 Å². The molecular formula is C17H22O5. The van der Waals surface area contributed by atoms with Crippen LogP contribution in [-0.2, 0) is 23.9 Å². The molecule has 5 nitrogen and oxygen atoms in total. The monoisotopic (exact) mass is 306 g/mol. The number of hydrogen-bond acceptors (Lipinski definition) is 5. The topological polar surface area (TPSA) is 69.7 Å². The summed E-state index contributed by atoms with van der Waals surface area (Å²) in [6.07, 6.45) is 2.84. The van der Waals surface area contributed by atoms with Gasteiger partial charge in [0.1, 0.15) is 12.7 Å². The van der Waals surface area contributed by atoms with Crippen molar-refractivity contribution in [2.45, 2.75) is 40.2 Å². The molecule has 0 saturated carbocycles. The predicted octanol–water partition coefficient (Wildman–Crippen LogP) is 2.52. The minimum absolute atomic E-state index is 0.0205. The zero-order valence-corrected chi connectivity index (χ0v) is 13.5. The Hall–Kier alpha value is -2.17. The molecule has 1 aliphatic rings. The predicted molar refractivity (Wildman–Crippen MR) is 82.0 cm³/mol. The number of carbonyl (C=O) groups is 3. The number of hydrogen-bond donors (Lipinski definition) is 0. The first kappa shape index (κ1) is 17.9. The van der Waals surface area contributed by atoms with Gasteiger partial charge in [-0.05, 0) is 32.9 Å². The molecule has 0 aromatic rings. The van der Waals surface area contributed by atoms with Crippen LogP contribution in [0, 0.1) is 5.92 Å². The summed E-state index contributed by atoms with van der Waals surface area (Å²) in [4.78, 5) is 34.5. The van der Waals surface area contributed by atoms with Crippen molar-refractivity contribution in [3.63, 3.8) is 0 Å². The van der Waals surface area contributed by atoms with Gasteiger partial charge in [-0.1, -0.05) is 17.7 Å². The summed E-state index contributed by atoms with van der Waals surface area (Å²) in [7, 11) is 0. The van der Waals surface area contributed by atoms with Crippen molar-refractivity contribution in [3.05, 3.63) is 35.5 Å². The minimum atomic E-state index is -0.657. The molecule has 0 aromatic carbocycles. The van der Waals surface area contributed by atoms with Crippen LogP contribution in [0.4, 0.5) is 0 Å². The standard InChI is InChI=1S/C17H22O5/c1-10(2)6-14(19)7-11(3)8-16(22-13(5)18)15-9-21-17(20)12(15)4/h6,8,15-16H,4,7,9H2,1-3,5H3/b11-8+/t15-,16-/m1/s1. The molecule has 1 heterocycles. The van der Waals surface area contributed by atoms with E-state index in [0.717, 1.165) is 11.1 Å². The molecule has 2 atom stereocenters. The summed E-state index contributed by atoms with van der Waals surface area (Å²) in [5, 5.41) is 0. The molecule has 0 aromatic heterocycles. The van der Waals surface area contributed by atoms with E-state index in [1.807, 2.05) is 13.8 Å². The first-order valence-electron chi connectivity index (χ1n) is 7.09. The first-order chi connectivity index (χ1) is 10.2. The van der Waals surface area contributed by atoms with Crippen LogP contribution >= 0.6 is 0 Å². The molecule has 0 spiro atoms. The molecule has 22 heavy (non-hydrogen) atoms. The normalized spacial score (nSPS) is 19.5. The van der Waals surface area contributed by atoms with Gasteiger partial charge in [0, 0.05) is 18.9 Å². The third kappa shape index (κ3) is 5.31. The lowest BCUT2D eigenvalue weighted by Gasteiger charge is -2.19. The second-order valence-electron chi connectivity index (χ2n) is 5.68. The Labute approximate surface area is 130 Å². The van der Waals surface area contributed by atoms with Crippen LogP contribution < -0.4 is 0 Å². The number of cyclic esters (lactones) is 1. The molecule has 1 saturated heterocycles. The summed E-state index contributed by atoms with van der Waals surface area (Å²) in [5.74, 6) is -1.37. The second kappa shape index (κ2) is 7.73. The highest BCUT2D eigenvalue weighted by molar-refractivity contribution is 5.92. The molecule has 0 N–H and O–H groups in total. The van der Waals surface area contributed by atoms with Crippen LogP contribution in [0.2, 0.25) is 0 Å². The summed E-state index contributed by atoms with van der Waals surface area (Å²) in [6.45, 7) is 10.6. The van der Waals surface area contributed by atoms with E-state index in [4.69, 9.17) is 9.47 Å². The van der Waals surface area contributed by atoms with Crippen LogP contribution in [0.3, 0.4) is 0 Å². The van der Waals surface area contributed by atoms with Crippen LogP contribution in [-0.4, -0.2) is 30.4 Å². The van der Waals surface area contributed by atoms with Crippen LogP contribution in [0.1, 0.15) is 34.1 Å². The number of allylic oxidation sites excluding steroid dienone is 3. The van der Waals surface area contributed by atoms with E-state index >= 15 is 0 Å². The number of carbonyl (C=O) groups excluding carboxylic acids is 3. The van der Waals surface area contributed by atoms with E-state index in [0.29, 0.717) is 0 Å². The zero-order valence-electron chi connectivity index (χ0n) is 13.5. The maximum absolute atomic E-state index is 11.8. The highest BCUT2D eigenvalue weighted by atomic mass is 16.6. The zero-order chi connectivity index (χ0) is 16.9. The van der Waals surface area contributed by atoms with Gasteiger partial charge in [-0.15, -0.1) is 0 Å². The highest BCUT2D eigenvalue weighted by Gasteiger charge is 2.36. The van der Waals surface area contributed by atoms with Gasteiger partial charge in [0.05, 0.1) is 5.92 Å². The van der Waals surface area contributed by atoms with Gasteiger partial charge in [-0.3, -0.25) is 9.59 Å². The molecule has 1 aliphatic heterocycles. The average Bonchev–Trinajstić information content (AvgIpc) is 2.67. The molecular weight excluding hydrogens is 284 g/mol. The van der Waals surface area contributed by atoms with Crippen LogP contribution in [0.5, 0.6) is 0 Å². The lowest BCUT2D eigenvalue weighted by atomic mass is 9.94. The second-order valence-corrected chi connectivity index (χ2v) is 5.68. The van der Waals surface area contributed by atoms with Gasteiger partial charge in [-0.25, -0.2) is 4.79 Å². The van der Waals surface area contributed by atoms with Crippen LogP contribution in [0.25, 0.3) is 0 Å². The van der Waals surface area contributed by atoms with Gasteiger partial charge < -0.3 is 9.47 Å². The summed E-state index contributed by atoms with van der Waals surface area (Å²) in [6, 6.07) is 0. The van der Waals surface area contributed by atoms with Crippen molar-refractivity contribution in [3.8, 4) is 0 Å². The van der Waals surface area contributed by atoms with Crippen molar-refractivity contribution >= 4 is 17.7 Å². The molecule has 0 bridgehead atoms. The minimum Gasteiger partial charge on any atom is -0.462 e. The number of esters is 2. The maximum atomic E-state index is 11.8. The van der Waals surface area contributed by atoms with E-state index in [1.54, 1.807) is 19.1 Å². The van der Waals surface area contributed by atoms with E-state index in [9.17, 15) is 14.4 Å². The largest absolute Gasteiger partial charge is 0.462 e. The van der Waals surface area contributed by atoms with Gasteiger partial charge in [0.15, 0.2) is 5.78 Å². The molecule has 0 unspecified atom stereocenters. The Morgan fingerprint density at radius 1 is 1.36 bits per heavy atom. The van der Waals surface area contributed by atoms with E-state index in [-0.39, 0.29) is 24.4 Å². The fourth-order valence-electron chi connectivity index (χ4n) is 2.21. The van der Waals surface area contributed by atoms with Gasteiger partial charge in [0.2, 0.25) is 0 Å². The van der Waals surface area contributed by atoms with E-state index < -0.39 is 24.0 Å². The third-order valence-corrected chi connectivity index (χ3v) is 3.15. The summed E-state index contributed by atoms with van der Waals surface area (Å²) in [5.41, 5.74) is 1.98. The number of ketones is 1. The fourth-order valence-corrected chi connectivity index (χ4v) is 2.21. The molecule has 0 amide bonds. The average molecular weight is 306 g/mol. The smallest absolute Gasteiger partial charge is 0.333 e. The summed E-state index contributed by atoms with van der Waals surface area (Å²) >= 11 is 0. The molecule has 1 rings (SSSR count). The van der Waals surface area contributed by atoms with Crippen molar-refractivity contribution < 1.29 is 23.9 Å². The Morgan fingerprint density at radius 3 is 2.45 bits per heavy atom. The lowest BCUT2D eigenvalue weighted by Crippen LogP contribution is -2.26. The van der Waals surface area contributed by atoms with E-state index in [1.165, 1.54) is 6.92 Å². The molecule has 5 heteroatoms. The van der Waals surface area contributed by atoms with Gasteiger partial charge in [0.25, 0.3) is 0 Å². The Kier molecular flexibility index (Phi) is 6.28. The highest BCUT2D eigenvalue weighted by Crippen LogP contribution is 2.27. The van der Waals surface area contributed by atoms with Gasteiger partial charge in [-0.2, -0.15) is 0 Å². The number of rotatable bonds is 6. The third-order valence-electron chi connectivity index (χ3n) is 3.15. The van der Waals surface area contributed by atoms with E-state index in [2.05, 4.69) is 6.58 Å². The quantitative estimate of drug-likeness (QED) is 0.428. The van der Waals surface area contributed by atoms with Crippen molar-refractivity contribution in [1.29, 1.82) is 0 Å². The number of ether oxygens (including phenoxy) is 2. The van der Waals surface area contributed by atoms with Crippen molar-refractivity contribution in [1.82, 2.24) is 0 Å². The Bertz CT molecular complexity index is 549. The Balaban J connectivity index is 2.88. The maximum Gasteiger partial charge on any atom is 0.333 e. The summed E-state index contributed by atoms with van der Waals surface area (Å²) < 4.78 is 10.2. The molecule has 120 valence electrons. The molecule has 1 fully saturated rings. The first-order valence-corrected chi connectivity index (χ1v) is 7.09. The molecule has 0 radical (unpaired) electrons. The SMILES string of the molecule is C=C1C(=O)OC[C@H]1[C@@H](/C=C(\C)CC(=O)C=C(C)C)OC(C)=O. The Morgan fingerprint density at radius 2 is 2.00 bits per heavy atom. The van der Waals surface area contributed by atoms with Crippen molar-refractivity contribution in [2.75, 3.05) is 6.61 Å². The lowest BCUT2D eigenvalue weighted by molar-refractivity contribution is -0.145. The molecule has 0 aliphatic carbocycles. The van der Waals surface area contributed by atoms with Crippen molar-refractivity contribution in [2.24, 2.45) is 5.92 Å². The fraction of sp³-hybridized carbons (Fsp3) is 0.471.